The average Bonchev–Trinajstić information content (AvgIpc) is 2.86. The summed E-state index contributed by atoms with van der Waals surface area (Å²) < 4.78 is 22.0. The fourth-order valence-electron chi connectivity index (χ4n) is 4.87. The highest BCUT2D eigenvalue weighted by atomic mass is 16.5. The number of benzene rings is 2. The minimum Gasteiger partial charge on any atom is -0.507 e. The van der Waals surface area contributed by atoms with E-state index in [9.17, 15) is 19.5 Å². The van der Waals surface area contributed by atoms with Gasteiger partial charge in [-0.2, -0.15) is 0 Å². The number of carbonyl (C=O) groups excluding carboxylic acids is 3. The van der Waals surface area contributed by atoms with E-state index in [2.05, 4.69) is 0 Å². The monoisotopic (exact) mass is 508 g/mol. The van der Waals surface area contributed by atoms with Gasteiger partial charge in [0.05, 0.1) is 26.7 Å². The number of methoxy groups -OCH3 is 2. The molecule has 0 aromatic heterocycles. The van der Waals surface area contributed by atoms with Gasteiger partial charge in [-0.3, -0.25) is 9.59 Å². The normalized spacial score (nSPS) is 20.7. The van der Waals surface area contributed by atoms with Crippen molar-refractivity contribution in [1.29, 1.82) is 0 Å². The summed E-state index contributed by atoms with van der Waals surface area (Å²) in [5, 5.41) is 11.5. The van der Waals surface area contributed by atoms with Crippen molar-refractivity contribution in [3.63, 3.8) is 0 Å². The van der Waals surface area contributed by atoms with Gasteiger partial charge in [0.1, 0.15) is 22.8 Å². The number of hydrogen-bond donors (Lipinski definition) is 1. The Morgan fingerprint density at radius 2 is 1.76 bits per heavy atom. The zero-order valence-corrected chi connectivity index (χ0v) is 21.4. The molecule has 0 saturated heterocycles. The lowest BCUT2D eigenvalue weighted by atomic mass is 9.83. The van der Waals surface area contributed by atoms with Crippen molar-refractivity contribution in [3.05, 3.63) is 52.6 Å². The van der Waals surface area contributed by atoms with Gasteiger partial charge in [-0.1, -0.05) is 18.2 Å². The molecule has 1 N–H and O–H groups in total. The summed E-state index contributed by atoms with van der Waals surface area (Å²) in [5.41, 5.74) is 1.46. The number of esters is 2. The summed E-state index contributed by atoms with van der Waals surface area (Å²) in [6.07, 6.45) is 6.52. The maximum Gasteiger partial charge on any atom is 0.342 e. The van der Waals surface area contributed by atoms with Crippen LogP contribution in [0, 0.1) is 0 Å². The Morgan fingerprint density at radius 1 is 1.00 bits per heavy atom. The highest BCUT2D eigenvalue weighted by Gasteiger charge is 2.35. The Labute approximate surface area is 216 Å². The van der Waals surface area contributed by atoms with Gasteiger partial charge < -0.3 is 24.1 Å². The number of carbonyl (C=O) groups is 3. The number of aromatic hydroxyl groups is 1. The van der Waals surface area contributed by atoms with Gasteiger partial charge in [0.25, 0.3) is 0 Å². The molecular weight excluding hydrogens is 476 g/mol. The highest BCUT2D eigenvalue weighted by molar-refractivity contribution is 5.98. The first-order valence-corrected chi connectivity index (χ1v) is 12.5. The molecule has 2 atom stereocenters. The first kappa shape index (κ1) is 26.3. The van der Waals surface area contributed by atoms with E-state index in [1.165, 1.54) is 14.2 Å². The molecule has 37 heavy (non-hydrogen) atoms. The fourth-order valence-corrected chi connectivity index (χ4v) is 4.87. The first-order chi connectivity index (χ1) is 17.8. The molecule has 0 radical (unpaired) electrons. The van der Waals surface area contributed by atoms with Gasteiger partial charge in [0.15, 0.2) is 11.5 Å². The predicted molar refractivity (Wildman–Crippen MR) is 136 cm³/mol. The second-order valence-corrected chi connectivity index (χ2v) is 9.39. The van der Waals surface area contributed by atoms with Crippen LogP contribution in [0.1, 0.15) is 84.8 Å². The molecule has 2 aromatic rings. The van der Waals surface area contributed by atoms with Crippen LogP contribution in [0.25, 0.3) is 6.08 Å². The molecule has 2 heterocycles. The summed E-state index contributed by atoms with van der Waals surface area (Å²) in [5.74, 6) is -0.572. The maximum atomic E-state index is 13.3. The number of Topliss-reactive ketones (excluding diaryl/α,β-unsaturated/α-hetero) is 1. The van der Waals surface area contributed by atoms with Crippen LogP contribution in [0.3, 0.4) is 0 Å². The van der Waals surface area contributed by atoms with Gasteiger partial charge >= 0.3 is 11.9 Å². The molecule has 0 unspecified atom stereocenters. The van der Waals surface area contributed by atoms with Crippen molar-refractivity contribution in [2.24, 2.45) is 0 Å². The van der Waals surface area contributed by atoms with Gasteiger partial charge in [-0.25, -0.2) is 4.79 Å². The van der Waals surface area contributed by atoms with Gasteiger partial charge in [0.2, 0.25) is 0 Å². The second-order valence-electron chi connectivity index (χ2n) is 9.39. The molecule has 0 bridgehead atoms. The van der Waals surface area contributed by atoms with Crippen molar-refractivity contribution in [1.82, 2.24) is 0 Å². The third kappa shape index (κ3) is 5.79. The van der Waals surface area contributed by atoms with Crippen molar-refractivity contribution >= 4 is 23.8 Å². The number of ether oxygens (including phenoxy) is 4. The van der Waals surface area contributed by atoms with Crippen molar-refractivity contribution in [2.75, 3.05) is 14.2 Å². The van der Waals surface area contributed by atoms with E-state index in [4.69, 9.17) is 18.9 Å². The third-order valence-electron chi connectivity index (χ3n) is 6.79. The van der Waals surface area contributed by atoms with Crippen molar-refractivity contribution in [2.45, 2.75) is 63.9 Å². The zero-order valence-electron chi connectivity index (χ0n) is 21.4. The van der Waals surface area contributed by atoms with Crippen molar-refractivity contribution in [3.8, 4) is 23.0 Å². The number of hydrogen-bond acceptors (Lipinski definition) is 8. The van der Waals surface area contributed by atoms with Crippen LogP contribution in [-0.4, -0.2) is 43.2 Å². The standard InChI is InChI=1S/C29H32O8/c1-17-8-7-11-20(30)10-6-4-5-9-19-15-24-27(28(32)26(19)29(33)36-17)21(16-25(31)37-24)18-12-13-22(34-2)23(14-18)35-3/h5,9,12-15,17,21,32H,4,6-8,10-11,16H2,1-3H3/t17-,21+/m1/s1. The van der Waals surface area contributed by atoms with E-state index in [0.717, 1.165) is 0 Å². The maximum absolute atomic E-state index is 13.3. The molecule has 0 spiro atoms. The van der Waals surface area contributed by atoms with E-state index in [0.29, 0.717) is 66.7 Å². The summed E-state index contributed by atoms with van der Waals surface area (Å²) in [7, 11) is 3.05. The van der Waals surface area contributed by atoms with Gasteiger partial charge in [-0.05, 0) is 61.9 Å². The SMILES string of the molecule is COc1ccc([C@@H]2CC(=O)Oc3cc4c(c(O)c32)C(=O)O[C@H](C)CCCC(=O)CCCC=C4)cc1OC. The molecule has 8 nitrogen and oxygen atoms in total. The quantitative estimate of drug-likeness (QED) is 0.438. The number of phenolic OH excluding ortho intramolecular Hbond substituents is 1. The third-order valence-corrected chi connectivity index (χ3v) is 6.79. The summed E-state index contributed by atoms with van der Waals surface area (Å²) in [6.45, 7) is 1.77. The molecule has 196 valence electrons. The highest BCUT2D eigenvalue weighted by Crippen LogP contribution is 2.48. The molecular formula is C29H32O8. The van der Waals surface area contributed by atoms with Crippen molar-refractivity contribution < 1.29 is 38.4 Å². The Kier molecular flexibility index (Phi) is 8.16. The van der Waals surface area contributed by atoms with Crippen LogP contribution >= 0.6 is 0 Å². The Morgan fingerprint density at radius 3 is 2.51 bits per heavy atom. The Bertz CT molecular complexity index is 1230. The minimum absolute atomic E-state index is 0.0237. The van der Waals surface area contributed by atoms with E-state index in [1.807, 2.05) is 6.08 Å². The predicted octanol–water partition coefficient (Wildman–Crippen LogP) is 5.33. The largest absolute Gasteiger partial charge is 0.507 e. The summed E-state index contributed by atoms with van der Waals surface area (Å²) in [4.78, 5) is 38.0. The summed E-state index contributed by atoms with van der Waals surface area (Å²) in [6, 6.07) is 6.86. The first-order valence-electron chi connectivity index (χ1n) is 12.5. The zero-order chi connectivity index (χ0) is 26.5. The molecule has 2 aliphatic heterocycles. The molecule has 0 fully saturated rings. The molecule has 4 rings (SSSR count). The van der Waals surface area contributed by atoms with E-state index < -0.39 is 24.0 Å². The van der Waals surface area contributed by atoms with E-state index in [-0.39, 0.29) is 29.3 Å². The van der Waals surface area contributed by atoms with Crippen LogP contribution in [0.2, 0.25) is 0 Å². The lowest BCUT2D eigenvalue weighted by molar-refractivity contribution is -0.135. The molecule has 2 aliphatic rings. The number of phenols is 1. The smallest absolute Gasteiger partial charge is 0.342 e. The molecule has 8 heteroatoms. The average molecular weight is 509 g/mol. The summed E-state index contributed by atoms with van der Waals surface area (Å²) >= 11 is 0. The van der Waals surface area contributed by atoms with Crippen LogP contribution in [-0.2, 0) is 14.3 Å². The second kappa shape index (κ2) is 11.5. The Balaban J connectivity index is 1.82. The van der Waals surface area contributed by atoms with E-state index in [1.54, 1.807) is 37.3 Å². The van der Waals surface area contributed by atoms with Crippen LogP contribution in [0.4, 0.5) is 0 Å². The lowest BCUT2D eigenvalue weighted by Gasteiger charge is -2.28. The molecule has 2 aromatic carbocycles. The number of ketones is 1. The number of rotatable bonds is 3. The fraction of sp³-hybridized carbons (Fsp3) is 0.414. The minimum atomic E-state index is -0.668. The van der Waals surface area contributed by atoms with Crippen LogP contribution < -0.4 is 14.2 Å². The molecule has 0 amide bonds. The van der Waals surface area contributed by atoms with Crippen LogP contribution in [0.5, 0.6) is 23.0 Å². The number of fused-ring (bicyclic) bond motifs is 2. The Hall–Kier alpha value is -3.81. The van der Waals surface area contributed by atoms with Gasteiger partial charge in [0, 0.05) is 24.3 Å². The number of allylic oxidation sites excluding steroid dienone is 1. The van der Waals surface area contributed by atoms with E-state index >= 15 is 0 Å². The molecule has 0 saturated carbocycles. The van der Waals surface area contributed by atoms with Gasteiger partial charge in [-0.15, -0.1) is 0 Å². The molecule has 0 aliphatic carbocycles. The lowest BCUT2D eigenvalue weighted by Crippen LogP contribution is -2.23. The van der Waals surface area contributed by atoms with Crippen LogP contribution in [0.15, 0.2) is 30.3 Å². The number of cyclic esters (lactones) is 1. The topological polar surface area (TPSA) is 108 Å².